The molecule has 5 saturated carbocycles. The molecule has 51 heavy (non-hydrogen) atoms. The number of hydrogen-bond acceptors (Lipinski definition) is 8. The molecule has 2 bridgehead atoms. The van der Waals surface area contributed by atoms with Crippen molar-refractivity contribution in [3.63, 3.8) is 0 Å². The van der Waals surface area contributed by atoms with E-state index in [0.717, 1.165) is 87.1 Å². The van der Waals surface area contributed by atoms with E-state index in [4.69, 9.17) is 28.6 Å². The van der Waals surface area contributed by atoms with Crippen LogP contribution < -0.4 is 15.0 Å². The van der Waals surface area contributed by atoms with Gasteiger partial charge in [-0.1, -0.05) is 12.1 Å². The zero-order valence-corrected chi connectivity index (χ0v) is 30.2. The summed E-state index contributed by atoms with van der Waals surface area (Å²) in [4.78, 5) is 39.0. The molecule has 6 aliphatic rings. The minimum Gasteiger partial charge on any atom is -0.496 e. The minimum atomic E-state index is -0.355. The Balaban J connectivity index is 0.983. The van der Waals surface area contributed by atoms with Crippen LogP contribution in [0.25, 0.3) is 11.3 Å². The van der Waals surface area contributed by atoms with Crippen LogP contribution in [0.4, 0.5) is 10.6 Å². The number of hydrogen-bond donors (Lipinski definition) is 1. The van der Waals surface area contributed by atoms with Gasteiger partial charge in [0.15, 0.2) is 5.89 Å². The summed E-state index contributed by atoms with van der Waals surface area (Å²) in [5, 5.41) is 3.01. The Morgan fingerprint density at radius 1 is 0.941 bits per heavy atom. The predicted molar refractivity (Wildman–Crippen MR) is 193 cm³/mol. The number of nitrogens with one attached hydrogen (secondary N) is 1. The smallest absolute Gasteiger partial charge is 0.407 e. The summed E-state index contributed by atoms with van der Waals surface area (Å²) in [5.74, 6) is 2.84. The van der Waals surface area contributed by atoms with E-state index < -0.39 is 0 Å². The predicted octanol–water partition coefficient (Wildman–Crippen LogP) is 8.02. The standard InChI is InChI=1S/C41H52N4O6/c1-27-23-31(7-10-35(27)48-2)41-17-14-40(15-18-41,16-19-41)26-45(36-24-30(11-20-42-36)34-25-50-37(44-34)28-3-4-28)38(46)29-5-8-33(9-6-29)51-39(47)43-32-12-21-49-22-13-32/h7,10-11,20,23-25,28-29,32-33H,3-6,8-9,12-19,21-22,26H2,1-2H3,(H,43,47). The lowest BCUT2D eigenvalue weighted by atomic mass is 9.51. The number of aryl methyl sites for hydroxylation is 1. The van der Waals surface area contributed by atoms with Crippen LogP contribution in [0.1, 0.15) is 113 Å². The number of nitrogens with zero attached hydrogens (tertiary/aromatic N) is 3. The zero-order valence-electron chi connectivity index (χ0n) is 30.2. The van der Waals surface area contributed by atoms with Gasteiger partial charge in [0.25, 0.3) is 0 Å². The van der Waals surface area contributed by atoms with Gasteiger partial charge in [-0.2, -0.15) is 0 Å². The average molecular weight is 697 g/mol. The highest BCUT2D eigenvalue weighted by Gasteiger charge is 2.51. The van der Waals surface area contributed by atoms with Gasteiger partial charge in [-0.3, -0.25) is 9.69 Å². The topological polar surface area (TPSA) is 116 Å². The molecular weight excluding hydrogens is 644 g/mol. The first-order chi connectivity index (χ1) is 24.8. The normalized spacial score (nSPS) is 27.9. The van der Waals surface area contributed by atoms with E-state index in [0.29, 0.717) is 57.2 Å². The van der Waals surface area contributed by atoms with Crippen LogP contribution in [0.15, 0.2) is 47.2 Å². The van der Waals surface area contributed by atoms with Crippen molar-refractivity contribution in [3.05, 3.63) is 59.8 Å². The average Bonchev–Trinajstić information content (AvgIpc) is 3.90. The van der Waals surface area contributed by atoms with E-state index in [1.807, 2.05) is 17.0 Å². The Morgan fingerprint density at radius 2 is 1.69 bits per heavy atom. The van der Waals surface area contributed by atoms with Crippen LogP contribution in [-0.2, 0) is 19.7 Å². The van der Waals surface area contributed by atoms with E-state index in [9.17, 15) is 9.59 Å². The summed E-state index contributed by atoms with van der Waals surface area (Å²) in [6.45, 7) is 4.12. The van der Waals surface area contributed by atoms with E-state index in [1.165, 1.54) is 11.1 Å². The lowest BCUT2D eigenvalue weighted by molar-refractivity contribution is -0.124. The number of oxazole rings is 1. The lowest BCUT2D eigenvalue weighted by Crippen LogP contribution is -2.52. The van der Waals surface area contributed by atoms with Crippen LogP contribution in [0, 0.1) is 18.3 Å². The fourth-order valence-electron chi connectivity index (χ4n) is 9.25. The van der Waals surface area contributed by atoms with Gasteiger partial charge >= 0.3 is 6.09 Å². The maximum atomic E-state index is 14.7. The monoisotopic (exact) mass is 696 g/mol. The Bertz CT molecular complexity index is 1700. The molecule has 5 aliphatic carbocycles. The van der Waals surface area contributed by atoms with Gasteiger partial charge < -0.3 is 23.9 Å². The van der Waals surface area contributed by atoms with E-state index >= 15 is 0 Å². The van der Waals surface area contributed by atoms with Crippen molar-refractivity contribution in [3.8, 4) is 17.0 Å². The molecule has 10 heteroatoms. The van der Waals surface area contributed by atoms with E-state index in [2.05, 4.69) is 30.4 Å². The van der Waals surface area contributed by atoms with Crippen LogP contribution in [0.3, 0.4) is 0 Å². The third kappa shape index (κ3) is 7.26. The molecule has 3 aromatic rings. The summed E-state index contributed by atoms with van der Waals surface area (Å²) in [5.41, 5.74) is 4.55. The highest BCUT2D eigenvalue weighted by Crippen LogP contribution is 2.58. The quantitative estimate of drug-likeness (QED) is 0.227. The molecule has 0 spiro atoms. The van der Waals surface area contributed by atoms with Crippen molar-refractivity contribution in [2.75, 3.05) is 31.8 Å². The number of alkyl carbamates (subject to hydrolysis) is 1. The Labute approximate surface area is 301 Å². The van der Waals surface area contributed by atoms with E-state index in [1.54, 1.807) is 19.6 Å². The van der Waals surface area contributed by atoms with Gasteiger partial charge in [-0.05, 0) is 137 Å². The van der Waals surface area contributed by atoms with Crippen molar-refractivity contribution in [1.82, 2.24) is 15.3 Å². The summed E-state index contributed by atoms with van der Waals surface area (Å²) in [7, 11) is 1.73. The fraction of sp³-hybridized carbons (Fsp3) is 0.610. The van der Waals surface area contributed by atoms with Crippen LogP contribution in [-0.4, -0.2) is 61.0 Å². The number of methoxy groups -OCH3 is 1. The molecule has 6 fully saturated rings. The number of aromatic nitrogens is 2. The first kappa shape index (κ1) is 34.2. The molecule has 0 unspecified atom stereocenters. The number of pyridine rings is 1. The summed E-state index contributed by atoms with van der Waals surface area (Å²) in [6.07, 6.45) is 16.2. The second-order valence-electron chi connectivity index (χ2n) is 16.0. The summed E-state index contributed by atoms with van der Waals surface area (Å²) < 4.78 is 22.6. The zero-order chi connectivity index (χ0) is 35.0. The Hall–Kier alpha value is -3.92. The first-order valence-electron chi connectivity index (χ1n) is 19.3. The molecule has 2 aromatic heterocycles. The molecule has 2 amide bonds. The van der Waals surface area contributed by atoms with E-state index in [-0.39, 0.29) is 40.9 Å². The highest BCUT2D eigenvalue weighted by molar-refractivity contribution is 5.95. The summed E-state index contributed by atoms with van der Waals surface area (Å²) in [6, 6.07) is 10.8. The summed E-state index contributed by atoms with van der Waals surface area (Å²) >= 11 is 0. The third-order valence-electron chi connectivity index (χ3n) is 12.8. The molecule has 1 aromatic carbocycles. The molecule has 10 nitrogen and oxygen atoms in total. The van der Waals surface area contributed by atoms with Crippen molar-refractivity contribution in [1.29, 1.82) is 0 Å². The van der Waals surface area contributed by atoms with Gasteiger partial charge in [-0.15, -0.1) is 0 Å². The van der Waals surface area contributed by atoms with Gasteiger partial charge in [0.2, 0.25) is 5.91 Å². The number of ether oxygens (including phenoxy) is 3. The third-order valence-corrected chi connectivity index (χ3v) is 12.8. The number of amides is 2. The maximum Gasteiger partial charge on any atom is 0.407 e. The van der Waals surface area contributed by atoms with Crippen LogP contribution in [0.5, 0.6) is 5.75 Å². The molecule has 1 saturated heterocycles. The first-order valence-corrected chi connectivity index (χ1v) is 19.3. The molecule has 1 N–H and O–H groups in total. The second kappa shape index (κ2) is 14.2. The van der Waals surface area contributed by atoms with Crippen molar-refractivity contribution >= 4 is 17.8 Å². The number of fused-ring (bicyclic) bond motifs is 3. The van der Waals surface area contributed by atoms with Crippen LogP contribution >= 0.6 is 0 Å². The number of anilines is 1. The highest BCUT2D eigenvalue weighted by atomic mass is 16.6. The van der Waals surface area contributed by atoms with Gasteiger partial charge in [0.1, 0.15) is 29.6 Å². The Kier molecular flexibility index (Phi) is 9.55. The van der Waals surface area contributed by atoms with Crippen molar-refractivity contribution < 1.29 is 28.2 Å². The van der Waals surface area contributed by atoms with Gasteiger partial charge in [0, 0.05) is 49.4 Å². The Morgan fingerprint density at radius 3 is 2.37 bits per heavy atom. The molecule has 3 heterocycles. The molecular formula is C41H52N4O6. The molecule has 0 atom stereocenters. The minimum absolute atomic E-state index is 0.0478. The van der Waals surface area contributed by atoms with Gasteiger partial charge in [-0.25, -0.2) is 14.8 Å². The molecule has 9 rings (SSSR count). The van der Waals surface area contributed by atoms with Crippen molar-refractivity contribution in [2.24, 2.45) is 11.3 Å². The second-order valence-corrected chi connectivity index (χ2v) is 16.0. The van der Waals surface area contributed by atoms with Gasteiger partial charge in [0.05, 0.1) is 7.11 Å². The number of carbonyl (C=O) groups excluding carboxylic acids is 2. The number of carbonyl (C=O) groups is 2. The molecule has 272 valence electrons. The van der Waals surface area contributed by atoms with Crippen LogP contribution in [0.2, 0.25) is 0 Å². The SMILES string of the molecule is COc1ccc(C23CCC(CN(C(=O)C4CCC(OC(=O)NC5CCOCC5)CC4)c4cc(-c5coc(C6CC6)n5)ccn4)(CC2)CC3)cc1C. The fourth-order valence-corrected chi connectivity index (χ4v) is 9.25. The largest absolute Gasteiger partial charge is 0.496 e. The molecule has 0 radical (unpaired) electrons. The number of rotatable bonds is 10. The molecule has 1 aliphatic heterocycles. The number of benzene rings is 1. The van der Waals surface area contributed by atoms with Crippen molar-refractivity contribution in [2.45, 2.75) is 120 Å². The maximum absolute atomic E-state index is 14.7. The lowest BCUT2D eigenvalue weighted by Gasteiger charge is -2.55.